The summed E-state index contributed by atoms with van der Waals surface area (Å²) in [5.74, 6) is 0.889. The summed E-state index contributed by atoms with van der Waals surface area (Å²) in [6, 6.07) is 4.86. The Morgan fingerprint density at radius 1 is 1.50 bits per heavy atom. The highest BCUT2D eigenvalue weighted by Gasteiger charge is 2.28. The van der Waals surface area contributed by atoms with E-state index in [-0.39, 0.29) is 17.5 Å². The van der Waals surface area contributed by atoms with Gasteiger partial charge in [-0.1, -0.05) is 19.4 Å². The van der Waals surface area contributed by atoms with Crippen LogP contribution in [0.3, 0.4) is 0 Å². The Kier molecular flexibility index (Phi) is 4.47. The highest BCUT2D eigenvalue weighted by Crippen LogP contribution is 2.29. The first kappa shape index (κ1) is 13.2. The van der Waals surface area contributed by atoms with Crippen molar-refractivity contribution in [1.29, 1.82) is 0 Å². The summed E-state index contributed by atoms with van der Waals surface area (Å²) in [6.07, 6.45) is 3.35. The van der Waals surface area contributed by atoms with Gasteiger partial charge in [0.25, 0.3) is 5.91 Å². The van der Waals surface area contributed by atoms with Crippen molar-refractivity contribution < 1.29 is 4.79 Å². The van der Waals surface area contributed by atoms with E-state index in [0.29, 0.717) is 10.9 Å². The number of carbonyl (C=O) groups is 1. The van der Waals surface area contributed by atoms with Crippen LogP contribution in [0.4, 0.5) is 0 Å². The molecule has 2 unspecified atom stereocenters. The zero-order chi connectivity index (χ0) is 13.0. The Morgan fingerprint density at radius 3 is 3.06 bits per heavy atom. The number of H-pyrrole nitrogens is 1. The molecule has 0 radical (unpaired) electrons. The first-order chi connectivity index (χ1) is 8.70. The van der Waals surface area contributed by atoms with E-state index in [1.165, 1.54) is 6.07 Å². The molecular formula is C13H18N2O2S. The summed E-state index contributed by atoms with van der Waals surface area (Å²) in [7, 11) is 0. The lowest BCUT2D eigenvalue weighted by molar-refractivity contribution is 0.0933. The quantitative estimate of drug-likeness (QED) is 0.873. The van der Waals surface area contributed by atoms with Crippen molar-refractivity contribution in [3.05, 3.63) is 34.2 Å². The van der Waals surface area contributed by atoms with E-state index in [0.717, 1.165) is 25.0 Å². The molecule has 1 aliphatic rings. The minimum absolute atomic E-state index is 0.179. The van der Waals surface area contributed by atoms with Gasteiger partial charge >= 0.3 is 0 Å². The van der Waals surface area contributed by atoms with Crippen molar-refractivity contribution in [2.75, 3.05) is 5.75 Å². The average Bonchev–Trinajstić information content (AvgIpc) is 2.77. The summed E-state index contributed by atoms with van der Waals surface area (Å²) in [6.45, 7) is 2.14. The van der Waals surface area contributed by atoms with E-state index in [1.54, 1.807) is 12.1 Å². The molecule has 1 amide bonds. The molecule has 1 heterocycles. The summed E-state index contributed by atoms with van der Waals surface area (Å²) in [4.78, 5) is 25.7. The lowest BCUT2D eigenvalue weighted by Crippen LogP contribution is -2.39. The Bertz CT molecular complexity index is 472. The van der Waals surface area contributed by atoms with Crippen molar-refractivity contribution in [1.82, 2.24) is 10.3 Å². The molecule has 0 bridgehead atoms. The Morgan fingerprint density at radius 2 is 2.33 bits per heavy atom. The van der Waals surface area contributed by atoms with Gasteiger partial charge in [-0.2, -0.15) is 11.8 Å². The summed E-state index contributed by atoms with van der Waals surface area (Å²) in [5.41, 5.74) is 0.100. The number of aromatic nitrogens is 1. The summed E-state index contributed by atoms with van der Waals surface area (Å²) < 4.78 is 0. The third kappa shape index (κ3) is 3.16. The number of thioether (sulfide) groups is 1. The zero-order valence-corrected chi connectivity index (χ0v) is 11.3. The zero-order valence-electron chi connectivity index (χ0n) is 10.4. The van der Waals surface area contributed by atoms with Crippen molar-refractivity contribution >= 4 is 17.7 Å². The fourth-order valence-corrected chi connectivity index (χ4v) is 3.53. The summed E-state index contributed by atoms with van der Waals surface area (Å²) in [5, 5.41) is 3.54. The first-order valence-corrected chi connectivity index (χ1v) is 7.37. The van der Waals surface area contributed by atoms with Crippen LogP contribution in [0, 0.1) is 0 Å². The van der Waals surface area contributed by atoms with Crippen LogP contribution in [0.1, 0.15) is 36.7 Å². The molecule has 0 aromatic carbocycles. The second-order valence-corrected chi connectivity index (χ2v) is 5.95. The second-order valence-electron chi connectivity index (χ2n) is 4.43. The number of carbonyl (C=O) groups excluding carboxylic acids is 1. The van der Waals surface area contributed by atoms with Crippen LogP contribution < -0.4 is 10.9 Å². The van der Waals surface area contributed by atoms with E-state index in [2.05, 4.69) is 17.2 Å². The molecule has 1 aromatic rings. The largest absolute Gasteiger partial charge is 0.347 e. The fraction of sp³-hybridized carbons (Fsp3) is 0.538. The van der Waals surface area contributed by atoms with Crippen LogP contribution in [0.2, 0.25) is 0 Å². The van der Waals surface area contributed by atoms with Crippen molar-refractivity contribution in [3.63, 3.8) is 0 Å². The molecular weight excluding hydrogens is 248 g/mol. The molecule has 2 rings (SSSR count). The van der Waals surface area contributed by atoms with E-state index >= 15 is 0 Å². The number of pyridine rings is 1. The van der Waals surface area contributed by atoms with Gasteiger partial charge in [0.2, 0.25) is 5.56 Å². The number of rotatable bonds is 4. The van der Waals surface area contributed by atoms with Gasteiger partial charge in [-0.25, -0.2) is 0 Å². The van der Waals surface area contributed by atoms with E-state index < -0.39 is 0 Å². The standard InChI is InChI=1S/C13H18N2O2S/c1-2-18-11-7-3-5-9(11)15-13(17)10-6-4-8-12(16)14-10/h4,6,8-9,11H,2-3,5,7H2,1H3,(H,14,16)(H,15,17). The van der Waals surface area contributed by atoms with Gasteiger partial charge < -0.3 is 10.3 Å². The predicted octanol–water partition coefficient (Wildman–Crippen LogP) is 1.78. The topological polar surface area (TPSA) is 62.0 Å². The fourth-order valence-electron chi connectivity index (χ4n) is 2.33. The van der Waals surface area contributed by atoms with Gasteiger partial charge in [0.1, 0.15) is 5.69 Å². The molecule has 18 heavy (non-hydrogen) atoms. The third-order valence-electron chi connectivity index (χ3n) is 3.16. The molecule has 0 saturated heterocycles. The van der Waals surface area contributed by atoms with Gasteiger partial charge in [0.05, 0.1) is 0 Å². The van der Waals surface area contributed by atoms with Crippen LogP contribution in [-0.2, 0) is 0 Å². The Labute approximate surface area is 111 Å². The Hall–Kier alpha value is -1.23. The second kappa shape index (κ2) is 6.09. The number of amides is 1. The smallest absolute Gasteiger partial charge is 0.268 e. The molecule has 2 atom stereocenters. The van der Waals surface area contributed by atoms with E-state index in [4.69, 9.17) is 0 Å². The molecule has 5 heteroatoms. The number of nitrogens with one attached hydrogen (secondary N) is 2. The molecule has 1 aliphatic carbocycles. The van der Waals surface area contributed by atoms with Gasteiger partial charge in [-0.15, -0.1) is 0 Å². The maximum Gasteiger partial charge on any atom is 0.268 e. The van der Waals surface area contributed by atoms with Crippen molar-refractivity contribution in [3.8, 4) is 0 Å². The molecule has 0 aliphatic heterocycles. The van der Waals surface area contributed by atoms with Gasteiger partial charge in [0.15, 0.2) is 0 Å². The van der Waals surface area contributed by atoms with Crippen LogP contribution in [0.25, 0.3) is 0 Å². The van der Waals surface area contributed by atoms with E-state index in [1.807, 2.05) is 11.8 Å². The van der Waals surface area contributed by atoms with Crippen molar-refractivity contribution in [2.45, 2.75) is 37.5 Å². The van der Waals surface area contributed by atoms with Crippen LogP contribution in [-0.4, -0.2) is 27.9 Å². The monoisotopic (exact) mass is 266 g/mol. The molecule has 1 aromatic heterocycles. The molecule has 98 valence electrons. The lowest BCUT2D eigenvalue weighted by Gasteiger charge is -2.19. The molecule has 2 N–H and O–H groups in total. The van der Waals surface area contributed by atoms with Crippen molar-refractivity contribution in [2.24, 2.45) is 0 Å². The molecule has 1 fully saturated rings. The maximum absolute atomic E-state index is 12.0. The summed E-state index contributed by atoms with van der Waals surface area (Å²) >= 11 is 1.90. The third-order valence-corrected chi connectivity index (χ3v) is 4.49. The van der Waals surface area contributed by atoms with E-state index in [9.17, 15) is 9.59 Å². The van der Waals surface area contributed by atoms with Gasteiger partial charge in [0, 0.05) is 17.4 Å². The normalized spacial score (nSPS) is 22.9. The number of hydrogen-bond donors (Lipinski definition) is 2. The molecule has 1 saturated carbocycles. The predicted molar refractivity (Wildman–Crippen MR) is 74.1 cm³/mol. The number of aromatic amines is 1. The maximum atomic E-state index is 12.0. The van der Waals surface area contributed by atoms with Gasteiger partial charge in [-0.3, -0.25) is 9.59 Å². The van der Waals surface area contributed by atoms with Crippen LogP contribution in [0.5, 0.6) is 0 Å². The minimum Gasteiger partial charge on any atom is -0.347 e. The highest BCUT2D eigenvalue weighted by molar-refractivity contribution is 7.99. The van der Waals surface area contributed by atoms with Gasteiger partial charge in [-0.05, 0) is 24.7 Å². The SMILES string of the molecule is CCSC1CCCC1NC(=O)c1cccc(=O)[nH]1. The van der Waals surface area contributed by atoms with Crippen LogP contribution in [0.15, 0.2) is 23.0 Å². The van der Waals surface area contributed by atoms with Crippen LogP contribution >= 0.6 is 11.8 Å². The average molecular weight is 266 g/mol. The minimum atomic E-state index is -0.242. The Balaban J connectivity index is 2.01. The first-order valence-electron chi connectivity index (χ1n) is 6.32. The number of hydrogen-bond acceptors (Lipinski definition) is 3. The molecule has 4 nitrogen and oxygen atoms in total. The lowest BCUT2D eigenvalue weighted by atomic mass is 10.2. The molecule has 0 spiro atoms. The highest BCUT2D eigenvalue weighted by atomic mass is 32.2.